The molecular formula is C21H16FN3OS3. The zero-order valence-corrected chi connectivity index (χ0v) is 18.1. The fourth-order valence-electron chi connectivity index (χ4n) is 2.76. The highest BCUT2D eigenvalue weighted by molar-refractivity contribution is 7.99. The van der Waals surface area contributed by atoms with Crippen molar-refractivity contribution in [1.82, 2.24) is 15.2 Å². The van der Waals surface area contributed by atoms with Crippen LogP contribution >= 0.6 is 34.4 Å². The van der Waals surface area contributed by atoms with Crippen LogP contribution in [0.2, 0.25) is 0 Å². The highest BCUT2D eigenvalue weighted by atomic mass is 32.2. The third-order valence-corrected chi connectivity index (χ3v) is 7.20. The number of carbonyl (C=O) groups excluding carboxylic acids is 1. The quantitative estimate of drug-likeness (QED) is 0.269. The fourth-order valence-corrected chi connectivity index (χ4v) is 5.27. The molecule has 0 fully saturated rings. The van der Waals surface area contributed by atoms with Crippen LogP contribution in [-0.4, -0.2) is 26.7 Å². The Kier molecular flexibility index (Phi) is 5.84. The smallest absolute Gasteiger partial charge is 0.210 e. The average molecular weight is 442 g/mol. The number of hydrogen-bond donors (Lipinski definition) is 0. The molecule has 0 aliphatic carbocycles. The van der Waals surface area contributed by atoms with Gasteiger partial charge in [-0.15, -0.1) is 32.9 Å². The van der Waals surface area contributed by atoms with E-state index in [1.54, 1.807) is 22.7 Å². The molecule has 0 bridgehead atoms. The first-order valence-electron chi connectivity index (χ1n) is 8.78. The number of halogens is 1. The fraction of sp³-hybridized carbons (Fsp3) is 0.143. The maximum absolute atomic E-state index is 13.1. The number of thioether (sulfide) groups is 1. The Morgan fingerprint density at radius 3 is 2.14 bits per heavy atom. The molecular weight excluding hydrogens is 425 g/mol. The largest absolute Gasteiger partial charge is 0.293 e. The van der Waals surface area contributed by atoms with Crippen LogP contribution in [0.4, 0.5) is 4.39 Å². The van der Waals surface area contributed by atoms with Gasteiger partial charge >= 0.3 is 0 Å². The van der Waals surface area contributed by atoms with E-state index in [1.807, 2.05) is 24.6 Å². The monoisotopic (exact) mass is 441 g/mol. The van der Waals surface area contributed by atoms with Gasteiger partial charge in [0.25, 0.3) is 0 Å². The minimum Gasteiger partial charge on any atom is -0.293 e. The second-order valence-electron chi connectivity index (χ2n) is 6.38. The second-order valence-corrected chi connectivity index (χ2v) is 9.15. The molecule has 8 heteroatoms. The Morgan fingerprint density at radius 2 is 1.55 bits per heavy atom. The molecule has 0 aliphatic rings. The predicted molar refractivity (Wildman–Crippen MR) is 117 cm³/mol. The number of benzene rings is 1. The number of hydrogen-bond acceptors (Lipinski definition) is 7. The van der Waals surface area contributed by atoms with Gasteiger partial charge in [-0.25, -0.2) is 9.37 Å². The van der Waals surface area contributed by atoms with Gasteiger partial charge in [0, 0.05) is 5.56 Å². The molecule has 0 saturated heterocycles. The van der Waals surface area contributed by atoms with Crippen molar-refractivity contribution in [2.24, 2.45) is 0 Å². The molecule has 0 atom stereocenters. The SMILES string of the molecule is Cc1ccsc1-c1nnc(SCC(=O)c2ccc(F)cc2)nc1-c1sccc1C. The van der Waals surface area contributed by atoms with E-state index in [2.05, 4.69) is 22.3 Å². The normalized spacial score (nSPS) is 11.0. The van der Waals surface area contributed by atoms with E-state index in [1.165, 1.54) is 36.0 Å². The van der Waals surface area contributed by atoms with Gasteiger partial charge in [0.1, 0.15) is 17.2 Å². The number of nitrogens with zero attached hydrogens (tertiary/aromatic N) is 3. The molecule has 1 aromatic carbocycles. The van der Waals surface area contributed by atoms with E-state index in [9.17, 15) is 9.18 Å². The second kappa shape index (κ2) is 8.52. The molecule has 146 valence electrons. The van der Waals surface area contributed by atoms with Gasteiger partial charge in [0.2, 0.25) is 5.16 Å². The summed E-state index contributed by atoms with van der Waals surface area (Å²) in [5, 5.41) is 13.2. The maximum Gasteiger partial charge on any atom is 0.210 e. The molecule has 3 heterocycles. The molecule has 0 N–H and O–H groups in total. The zero-order chi connectivity index (χ0) is 20.4. The lowest BCUT2D eigenvalue weighted by Crippen LogP contribution is -2.05. The Bertz CT molecular complexity index is 1170. The Hall–Kier alpha value is -2.42. The zero-order valence-electron chi connectivity index (χ0n) is 15.7. The molecule has 29 heavy (non-hydrogen) atoms. The first-order chi connectivity index (χ1) is 14.0. The number of carbonyl (C=O) groups is 1. The van der Waals surface area contributed by atoms with Gasteiger partial charge in [0.15, 0.2) is 5.78 Å². The molecule has 4 aromatic rings. The van der Waals surface area contributed by atoms with E-state index in [0.717, 1.165) is 32.3 Å². The van der Waals surface area contributed by atoms with Crippen molar-refractivity contribution in [1.29, 1.82) is 0 Å². The summed E-state index contributed by atoms with van der Waals surface area (Å²) in [5.74, 6) is -0.309. The lowest BCUT2D eigenvalue weighted by atomic mass is 10.1. The summed E-state index contributed by atoms with van der Waals surface area (Å²) in [6, 6.07) is 9.65. The van der Waals surface area contributed by atoms with Crippen molar-refractivity contribution in [3.05, 3.63) is 69.7 Å². The Morgan fingerprint density at radius 1 is 0.931 bits per heavy atom. The van der Waals surface area contributed by atoms with Crippen LogP contribution in [0.5, 0.6) is 0 Å². The van der Waals surface area contributed by atoms with Crippen LogP contribution in [0.1, 0.15) is 21.5 Å². The standard InChI is InChI=1S/C21H16FN3OS3/c1-12-7-9-27-19(12)17-18(20-13(2)8-10-28-20)24-25-21(23-17)29-11-16(26)14-3-5-15(22)6-4-14/h3-10H,11H2,1-2H3. The Labute approximate surface area is 179 Å². The van der Waals surface area contributed by atoms with Gasteiger partial charge in [-0.05, 0) is 72.1 Å². The summed E-state index contributed by atoms with van der Waals surface area (Å²) >= 11 is 4.46. The highest BCUT2D eigenvalue weighted by Crippen LogP contribution is 2.38. The van der Waals surface area contributed by atoms with Crippen LogP contribution < -0.4 is 0 Å². The summed E-state index contributed by atoms with van der Waals surface area (Å²) < 4.78 is 13.1. The van der Waals surface area contributed by atoms with Gasteiger partial charge in [-0.2, -0.15) is 0 Å². The number of Topliss-reactive ketones (excluding diaryl/α,β-unsaturated/α-hetero) is 1. The first kappa shape index (κ1) is 19.9. The van der Waals surface area contributed by atoms with Gasteiger partial charge in [-0.1, -0.05) is 11.8 Å². The molecule has 4 nitrogen and oxygen atoms in total. The van der Waals surface area contributed by atoms with Crippen LogP contribution in [0, 0.1) is 19.7 Å². The van der Waals surface area contributed by atoms with E-state index >= 15 is 0 Å². The summed E-state index contributed by atoms with van der Waals surface area (Å²) in [4.78, 5) is 19.2. The average Bonchev–Trinajstić information content (AvgIpc) is 3.34. The molecule has 0 aliphatic heterocycles. The number of aryl methyl sites for hydroxylation is 2. The number of rotatable bonds is 6. The van der Waals surface area contributed by atoms with Crippen LogP contribution in [0.3, 0.4) is 0 Å². The van der Waals surface area contributed by atoms with E-state index < -0.39 is 0 Å². The Balaban J connectivity index is 1.64. The lowest BCUT2D eigenvalue weighted by molar-refractivity contribution is 0.102. The molecule has 3 aromatic heterocycles. The highest BCUT2D eigenvalue weighted by Gasteiger charge is 2.19. The molecule has 0 unspecified atom stereocenters. The van der Waals surface area contributed by atoms with E-state index in [0.29, 0.717) is 10.7 Å². The molecule has 4 rings (SSSR count). The van der Waals surface area contributed by atoms with Gasteiger partial charge < -0.3 is 0 Å². The number of ketones is 1. The minimum atomic E-state index is -0.364. The van der Waals surface area contributed by atoms with Crippen LogP contribution in [0.15, 0.2) is 52.3 Å². The number of aromatic nitrogens is 3. The van der Waals surface area contributed by atoms with Crippen molar-refractivity contribution in [3.8, 4) is 21.1 Å². The topological polar surface area (TPSA) is 55.7 Å². The van der Waals surface area contributed by atoms with Crippen molar-refractivity contribution in [2.75, 3.05) is 5.75 Å². The van der Waals surface area contributed by atoms with Crippen molar-refractivity contribution in [2.45, 2.75) is 19.0 Å². The minimum absolute atomic E-state index is 0.106. The predicted octanol–water partition coefficient (Wildman–Crippen LogP) is 6.06. The third kappa shape index (κ3) is 4.29. The summed E-state index contributed by atoms with van der Waals surface area (Å²) in [7, 11) is 0. The number of thiophene rings is 2. The van der Waals surface area contributed by atoms with Crippen molar-refractivity contribution in [3.63, 3.8) is 0 Å². The molecule has 0 radical (unpaired) electrons. The summed E-state index contributed by atoms with van der Waals surface area (Å²) in [6.07, 6.45) is 0. The molecule has 0 saturated carbocycles. The maximum atomic E-state index is 13.1. The summed E-state index contributed by atoms with van der Waals surface area (Å²) in [5.41, 5.74) is 4.27. The van der Waals surface area contributed by atoms with Gasteiger partial charge in [-0.3, -0.25) is 4.79 Å². The van der Waals surface area contributed by atoms with Crippen molar-refractivity contribution >= 4 is 40.2 Å². The molecule has 0 amide bonds. The third-order valence-electron chi connectivity index (χ3n) is 4.32. The van der Waals surface area contributed by atoms with E-state index in [4.69, 9.17) is 4.98 Å². The van der Waals surface area contributed by atoms with E-state index in [-0.39, 0.29) is 17.4 Å². The first-order valence-corrected chi connectivity index (χ1v) is 11.5. The van der Waals surface area contributed by atoms with Crippen LogP contribution in [0.25, 0.3) is 21.1 Å². The van der Waals surface area contributed by atoms with Gasteiger partial charge in [0.05, 0.1) is 15.5 Å². The van der Waals surface area contributed by atoms with Crippen molar-refractivity contribution < 1.29 is 9.18 Å². The molecule has 0 spiro atoms. The van der Waals surface area contributed by atoms with Crippen LogP contribution in [-0.2, 0) is 0 Å². The lowest BCUT2D eigenvalue weighted by Gasteiger charge is -2.08. The summed E-state index contributed by atoms with van der Waals surface area (Å²) in [6.45, 7) is 4.09.